The van der Waals surface area contributed by atoms with Crippen molar-refractivity contribution in [3.8, 4) is 5.75 Å². The Morgan fingerprint density at radius 1 is 1.00 bits per heavy atom. The molecule has 1 unspecified atom stereocenters. The van der Waals surface area contributed by atoms with Gasteiger partial charge in [0.15, 0.2) is 8.32 Å². The van der Waals surface area contributed by atoms with Crippen molar-refractivity contribution in [3.05, 3.63) is 65.7 Å². The van der Waals surface area contributed by atoms with Gasteiger partial charge in [-0.2, -0.15) is 0 Å². The Balaban J connectivity index is 1.83. The summed E-state index contributed by atoms with van der Waals surface area (Å²) in [5.41, 5.74) is 2.43. The van der Waals surface area contributed by atoms with Crippen LogP contribution in [-0.2, 0) is 16.6 Å². The van der Waals surface area contributed by atoms with Crippen molar-refractivity contribution in [2.75, 3.05) is 20.2 Å². The van der Waals surface area contributed by atoms with Gasteiger partial charge in [0, 0.05) is 19.6 Å². The standard InChI is InChI=1S/C21H29NO2Si/c1-23-20-12-10-19(11-13-20)21(24-25(2,3)4)14-15-22(17-21)16-18-8-6-5-7-9-18/h5-13H,14-17H2,1-4H3. The monoisotopic (exact) mass is 355 g/mol. The van der Waals surface area contributed by atoms with Crippen molar-refractivity contribution >= 4 is 8.32 Å². The molecule has 1 atom stereocenters. The van der Waals surface area contributed by atoms with E-state index < -0.39 is 8.32 Å². The van der Waals surface area contributed by atoms with Crippen LogP contribution in [0.1, 0.15) is 17.5 Å². The second-order valence-corrected chi connectivity index (χ2v) is 12.3. The van der Waals surface area contributed by atoms with Gasteiger partial charge < -0.3 is 9.16 Å². The van der Waals surface area contributed by atoms with E-state index in [0.717, 1.165) is 31.8 Å². The van der Waals surface area contributed by atoms with Crippen LogP contribution in [0.25, 0.3) is 0 Å². The summed E-state index contributed by atoms with van der Waals surface area (Å²) in [6.07, 6.45) is 1.04. The Kier molecular flexibility index (Phi) is 5.32. The van der Waals surface area contributed by atoms with Crippen LogP contribution in [0.5, 0.6) is 5.75 Å². The molecule has 2 aromatic rings. The van der Waals surface area contributed by atoms with Crippen LogP contribution in [0.2, 0.25) is 19.6 Å². The molecule has 0 bridgehead atoms. The maximum Gasteiger partial charge on any atom is 0.185 e. The number of likely N-dealkylation sites (tertiary alicyclic amines) is 1. The second kappa shape index (κ2) is 7.32. The molecule has 0 spiro atoms. The number of hydrogen-bond acceptors (Lipinski definition) is 3. The van der Waals surface area contributed by atoms with Crippen molar-refractivity contribution in [2.24, 2.45) is 0 Å². The third-order valence-electron chi connectivity index (χ3n) is 4.68. The first-order valence-electron chi connectivity index (χ1n) is 9.01. The minimum atomic E-state index is -1.68. The molecule has 0 amide bonds. The SMILES string of the molecule is COc1ccc(C2(O[Si](C)(C)C)CCN(Cc3ccccc3)C2)cc1. The molecule has 0 aliphatic carbocycles. The fraction of sp³-hybridized carbons (Fsp3) is 0.429. The number of rotatable bonds is 6. The van der Waals surface area contributed by atoms with E-state index in [9.17, 15) is 0 Å². The molecule has 3 nitrogen and oxygen atoms in total. The summed E-state index contributed by atoms with van der Waals surface area (Å²) in [6.45, 7) is 9.81. The first kappa shape index (κ1) is 18.2. The van der Waals surface area contributed by atoms with Crippen LogP contribution in [0, 0.1) is 0 Å². The minimum Gasteiger partial charge on any atom is -0.497 e. The molecule has 0 saturated carbocycles. The highest BCUT2D eigenvalue weighted by molar-refractivity contribution is 6.69. The quantitative estimate of drug-likeness (QED) is 0.704. The topological polar surface area (TPSA) is 21.7 Å². The van der Waals surface area contributed by atoms with E-state index in [-0.39, 0.29) is 5.60 Å². The van der Waals surface area contributed by atoms with E-state index in [1.807, 2.05) is 12.1 Å². The van der Waals surface area contributed by atoms with Crippen LogP contribution < -0.4 is 4.74 Å². The average molecular weight is 356 g/mol. The number of ether oxygens (including phenoxy) is 1. The van der Waals surface area contributed by atoms with E-state index in [1.54, 1.807) is 7.11 Å². The molecule has 134 valence electrons. The number of nitrogens with zero attached hydrogens (tertiary/aromatic N) is 1. The van der Waals surface area contributed by atoms with Gasteiger partial charge in [0.2, 0.25) is 0 Å². The zero-order chi connectivity index (χ0) is 17.9. The van der Waals surface area contributed by atoms with Gasteiger partial charge in [-0.15, -0.1) is 0 Å². The molecular weight excluding hydrogens is 326 g/mol. The summed E-state index contributed by atoms with van der Waals surface area (Å²) in [7, 11) is 0.0300. The van der Waals surface area contributed by atoms with Gasteiger partial charge in [-0.3, -0.25) is 4.90 Å². The predicted molar refractivity (Wildman–Crippen MR) is 105 cm³/mol. The Morgan fingerprint density at radius 2 is 1.68 bits per heavy atom. The van der Waals surface area contributed by atoms with Gasteiger partial charge in [0.05, 0.1) is 12.7 Å². The molecular formula is C21H29NO2Si. The lowest BCUT2D eigenvalue weighted by atomic mass is 9.93. The lowest BCUT2D eigenvalue weighted by molar-refractivity contribution is 0.0653. The highest BCUT2D eigenvalue weighted by atomic mass is 28.4. The number of hydrogen-bond donors (Lipinski definition) is 0. The third-order valence-corrected chi connectivity index (χ3v) is 5.68. The van der Waals surface area contributed by atoms with E-state index >= 15 is 0 Å². The fourth-order valence-electron chi connectivity index (χ4n) is 3.69. The molecule has 1 aliphatic rings. The first-order valence-corrected chi connectivity index (χ1v) is 12.4. The van der Waals surface area contributed by atoms with Crippen LogP contribution in [0.4, 0.5) is 0 Å². The number of benzene rings is 2. The third kappa shape index (κ3) is 4.51. The largest absolute Gasteiger partial charge is 0.497 e. The van der Waals surface area contributed by atoms with Gasteiger partial charge in [0.1, 0.15) is 5.75 Å². The summed E-state index contributed by atoms with van der Waals surface area (Å²) in [5.74, 6) is 0.894. The predicted octanol–water partition coefficient (Wildman–Crippen LogP) is 4.65. The second-order valence-electron chi connectivity index (χ2n) is 7.88. The van der Waals surface area contributed by atoms with Crippen LogP contribution in [0.15, 0.2) is 54.6 Å². The molecule has 4 heteroatoms. The van der Waals surface area contributed by atoms with Crippen molar-refractivity contribution in [1.82, 2.24) is 4.90 Å². The maximum atomic E-state index is 6.77. The lowest BCUT2D eigenvalue weighted by Gasteiger charge is -2.37. The Bertz CT molecular complexity index is 681. The van der Waals surface area contributed by atoms with E-state index in [4.69, 9.17) is 9.16 Å². The lowest BCUT2D eigenvalue weighted by Crippen LogP contribution is -2.42. The van der Waals surface area contributed by atoms with Gasteiger partial charge in [0.25, 0.3) is 0 Å². The average Bonchev–Trinajstić information content (AvgIpc) is 2.98. The molecule has 1 saturated heterocycles. The molecule has 25 heavy (non-hydrogen) atoms. The molecule has 3 rings (SSSR count). The van der Waals surface area contributed by atoms with Crippen molar-refractivity contribution in [2.45, 2.75) is 38.2 Å². The van der Waals surface area contributed by atoms with Crippen LogP contribution in [-0.4, -0.2) is 33.4 Å². The summed E-state index contributed by atoms with van der Waals surface area (Å²) in [6, 6.07) is 19.1. The normalized spacial score (nSPS) is 21.4. The summed E-state index contributed by atoms with van der Waals surface area (Å²) >= 11 is 0. The summed E-state index contributed by atoms with van der Waals surface area (Å²) < 4.78 is 12.1. The highest BCUT2D eigenvalue weighted by Crippen LogP contribution is 2.39. The van der Waals surface area contributed by atoms with Gasteiger partial charge >= 0.3 is 0 Å². The Hall–Kier alpha value is -1.62. The van der Waals surface area contributed by atoms with Crippen LogP contribution in [0.3, 0.4) is 0 Å². The first-order chi connectivity index (χ1) is 11.9. The number of methoxy groups -OCH3 is 1. The van der Waals surface area contributed by atoms with Crippen molar-refractivity contribution in [1.29, 1.82) is 0 Å². The van der Waals surface area contributed by atoms with Crippen molar-refractivity contribution in [3.63, 3.8) is 0 Å². The smallest absolute Gasteiger partial charge is 0.185 e. The van der Waals surface area contributed by atoms with Gasteiger partial charge in [-0.25, -0.2) is 0 Å². The molecule has 1 heterocycles. The van der Waals surface area contributed by atoms with Gasteiger partial charge in [-0.05, 0) is 49.3 Å². The highest BCUT2D eigenvalue weighted by Gasteiger charge is 2.43. The zero-order valence-electron chi connectivity index (χ0n) is 15.8. The molecule has 1 fully saturated rings. The van der Waals surface area contributed by atoms with E-state index in [1.165, 1.54) is 11.1 Å². The molecule has 0 aromatic heterocycles. The van der Waals surface area contributed by atoms with E-state index in [2.05, 4.69) is 67.0 Å². The van der Waals surface area contributed by atoms with Crippen LogP contribution >= 0.6 is 0 Å². The molecule has 0 radical (unpaired) electrons. The summed E-state index contributed by atoms with van der Waals surface area (Å²) in [5, 5.41) is 0. The zero-order valence-corrected chi connectivity index (χ0v) is 16.8. The Morgan fingerprint density at radius 3 is 2.28 bits per heavy atom. The van der Waals surface area contributed by atoms with E-state index in [0.29, 0.717) is 0 Å². The molecule has 2 aromatic carbocycles. The maximum absolute atomic E-state index is 6.77. The summed E-state index contributed by atoms with van der Waals surface area (Å²) in [4.78, 5) is 2.51. The minimum absolute atomic E-state index is 0.203. The Labute approximate surface area is 152 Å². The molecule has 1 aliphatic heterocycles. The van der Waals surface area contributed by atoms with Gasteiger partial charge in [-0.1, -0.05) is 42.5 Å². The molecule has 0 N–H and O–H groups in total. The fourth-order valence-corrected chi connectivity index (χ4v) is 5.15. The van der Waals surface area contributed by atoms with Crippen molar-refractivity contribution < 1.29 is 9.16 Å².